The first kappa shape index (κ1) is 22.3. The highest BCUT2D eigenvalue weighted by atomic mass is 32.2. The fourth-order valence-corrected chi connectivity index (χ4v) is 3.95. The summed E-state index contributed by atoms with van der Waals surface area (Å²) >= 11 is 2.63. The van der Waals surface area contributed by atoms with Crippen molar-refractivity contribution in [2.75, 3.05) is 18.2 Å². The number of anilines is 1. The van der Waals surface area contributed by atoms with Crippen LogP contribution in [0.15, 0.2) is 60.0 Å². The quantitative estimate of drug-likeness (QED) is 0.213. The van der Waals surface area contributed by atoms with Gasteiger partial charge in [0.2, 0.25) is 0 Å². The summed E-state index contributed by atoms with van der Waals surface area (Å²) in [4.78, 5) is 35.3. The molecule has 0 fully saturated rings. The van der Waals surface area contributed by atoms with E-state index in [9.17, 15) is 19.7 Å². The number of carbonyl (C=O) groups is 2. The van der Waals surface area contributed by atoms with Crippen molar-refractivity contribution >= 4 is 46.3 Å². The molecule has 0 spiro atoms. The van der Waals surface area contributed by atoms with E-state index >= 15 is 0 Å². The molecule has 160 valence electrons. The summed E-state index contributed by atoms with van der Waals surface area (Å²) in [6.07, 6.45) is 0. The summed E-state index contributed by atoms with van der Waals surface area (Å²) in [5.41, 5.74) is 1.18. The van der Waals surface area contributed by atoms with Gasteiger partial charge in [-0.1, -0.05) is 12.1 Å². The summed E-state index contributed by atoms with van der Waals surface area (Å²) in [6, 6.07) is 14.7. The van der Waals surface area contributed by atoms with E-state index in [1.165, 1.54) is 42.3 Å². The normalized spacial score (nSPS) is 10.4. The first-order valence-corrected chi connectivity index (χ1v) is 11.0. The zero-order valence-corrected chi connectivity index (χ0v) is 18.0. The van der Waals surface area contributed by atoms with Gasteiger partial charge in [0.1, 0.15) is 5.75 Å². The third kappa shape index (κ3) is 6.30. The SMILES string of the molecule is COc1ccc(CSCC(=O)Oc2ccc(NC(=O)c3cccs3)cc2)cc1[N+](=O)[O-]. The molecule has 0 atom stereocenters. The number of nitro benzene ring substituents is 1. The fraction of sp³-hybridized carbons (Fsp3) is 0.143. The van der Waals surface area contributed by atoms with Crippen molar-refractivity contribution in [3.8, 4) is 11.5 Å². The number of esters is 1. The molecular weight excluding hydrogens is 440 g/mol. The molecule has 1 N–H and O–H groups in total. The van der Waals surface area contributed by atoms with E-state index in [-0.39, 0.29) is 23.1 Å². The molecule has 0 bridgehead atoms. The Hall–Kier alpha value is -3.37. The monoisotopic (exact) mass is 458 g/mol. The van der Waals surface area contributed by atoms with Gasteiger partial charge in [0.05, 0.1) is 22.7 Å². The molecule has 1 heterocycles. The average molecular weight is 459 g/mol. The zero-order valence-electron chi connectivity index (χ0n) is 16.4. The Balaban J connectivity index is 1.47. The number of hydrogen-bond acceptors (Lipinski definition) is 8. The van der Waals surface area contributed by atoms with Gasteiger partial charge >= 0.3 is 11.7 Å². The van der Waals surface area contributed by atoms with E-state index in [1.54, 1.807) is 42.5 Å². The highest BCUT2D eigenvalue weighted by Gasteiger charge is 2.15. The minimum atomic E-state index is -0.506. The maximum absolute atomic E-state index is 12.1. The van der Waals surface area contributed by atoms with Crippen molar-refractivity contribution in [3.05, 3.63) is 80.5 Å². The van der Waals surface area contributed by atoms with E-state index in [0.717, 1.165) is 0 Å². The molecule has 3 aromatic rings. The molecule has 1 amide bonds. The fourth-order valence-electron chi connectivity index (χ4n) is 2.59. The highest BCUT2D eigenvalue weighted by Crippen LogP contribution is 2.29. The molecule has 0 radical (unpaired) electrons. The second-order valence-corrected chi connectivity index (χ2v) is 8.12. The predicted molar refractivity (Wildman–Crippen MR) is 120 cm³/mol. The van der Waals surface area contributed by atoms with Gasteiger partial charge in [-0.25, -0.2) is 0 Å². The average Bonchev–Trinajstić information content (AvgIpc) is 3.30. The Kier molecular flexibility index (Phi) is 7.63. The van der Waals surface area contributed by atoms with Crippen LogP contribution in [0.1, 0.15) is 15.2 Å². The zero-order chi connectivity index (χ0) is 22.2. The molecule has 2 aromatic carbocycles. The number of rotatable bonds is 9. The maximum Gasteiger partial charge on any atom is 0.321 e. The number of thioether (sulfide) groups is 1. The molecule has 8 nitrogen and oxygen atoms in total. The molecule has 1 aromatic heterocycles. The smallest absolute Gasteiger partial charge is 0.321 e. The number of benzene rings is 2. The third-order valence-corrected chi connectivity index (χ3v) is 5.86. The lowest BCUT2D eigenvalue weighted by atomic mass is 10.2. The lowest BCUT2D eigenvalue weighted by molar-refractivity contribution is -0.385. The first-order valence-electron chi connectivity index (χ1n) is 9.01. The van der Waals surface area contributed by atoms with Crippen molar-refractivity contribution in [1.29, 1.82) is 0 Å². The summed E-state index contributed by atoms with van der Waals surface area (Å²) < 4.78 is 10.3. The van der Waals surface area contributed by atoms with Crippen LogP contribution in [0.5, 0.6) is 11.5 Å². The second-order valence-electron chi connectivity index (χ2n) is 6.19. The molecule has 0 aliphatic heterocycles. The van der Waals surface area contributed by atoms with Crippen LogP contribution in [0, 0.1) is 10.1 Å². The van der Waals surface area contributed by atoms with Gasteiger partial charge < -0.3 is 14.8 Å². The lowest BCUT2D eigenvalue weighted by Gasteiger charge is -2.07. The summed E-state index contributed by atoms with van der Waals surface area (Å²) in [6.45, 7) is 0. The van der Waals surface area contributed by atoms with Gasteiger partial charge in [-0.05, 0) is 47.3 Å². The van der Waals surface area contributed by atoms with Gasteiger partial charge in [0.25, 0.3) is 5.91 Å². The number of carbonyl (C=O) groups excluding carboxylic acids is 2. The molecule has 0 aliphatic carbocycles. The standard InChI is InChI=1S/C21H18N2O6S2/c1-28-18-9-4-14(11-17(18)23(26)27)12-30-13-20(24)29-16-7-5-15(6-8-16)22-21(25)19-3-2-10-31-19/h2-11H,12-13H2,1H3,(H,22,25). The van der Waals surface area contributed by atoms with Crippen LogP contribution in [-0.4, -0.2) is 29.7 Å². The van der Waals surface area contributed by atoms with Gasteiger partial charge in [-0.15, -0.1) is 23.1 Å². The van der Waals surface area contributed by atoms with E-state index in [4.69, 9.17) is 9.47 Å². The van der Waals surface area contributed by atoms with Gasteiger partial charge in [-0.2, -0.15) is 0 Å². The van der Waals surface area contributed by atoms with Crippen molar-refractivity contribution in [3.63, 3.8) is 0 Å². The van der Waals surface area contributed by atoms with Crippen molar-refractivity contribution in [2.45, 2.75) is 5.75 Å². The number of nitrogens with one attached hydrogen (secondary N) is 1. The summed E-state index contributed by atoms with van der Waals surface area (Å²) in [5.74, 6) is 0.399. The van der Waals surface area contributed by atoms with Crippen molar-refractivity contribution in [1.82, 2.24) is 0 Å². The number of thiophene rings is 1. The molecule has 0 saturated carbocycles. The van der Waals surface area contributed by atoms with Crippen LogP contribution < -0.4 is 14.8 Å². The molecule has 10 heteroatoms. The van der Waals surface area contributed by atoms with Crippen molar-refractivity contribution in [2.24, 2.45) is 0 Å². The molecule has 0 aliphatic rings. The van der Waals surface area contributed by atoms with Crippen LogP contribution >= 0.6 is 23.1 Å². The van der Waals surface area contributed by atoms with Crippen LogP contribution in [0.4, 0.5) is 11.4 Å². The van der Waals surface area contributed by atoms with E-state index in [2.05, 4.69) is 5.32 Å². The Labute approximate surface area is 186 Å². The molecule has 0 unspecified atom stereocenters. The summed E-state index contributed by atoms with van der Waals surface area (Å²) in [5, 5.41) is 15.7. The lowest BCUT2D eigenvalue weighted by Crippen LogP contribution is -2.12. The van der Waals surface area contributed by atoms with Crippen molar-refractivity contribution < 1.29 is 24.0 Å². The van der Waals surface area contributed by atoms with Crippen LogP contribution in [-0.2, 0) is 10.5 Å². The third-order valence-electron chi connectivity index (χ3n) is 4.02. The number of nitro groups is 1. The minimum Gasteiger partial charge on any atom is -0.490 e. The Morgan fingerprint density at radius 3 is 2.58 bits per heavy atom. The van der Waals surface area contributed by atoms with Crippen LogP contribution in [0.2, 0.25) is 0 Å². The Bertz CT molecular complexity index is 1070. The largest absolute Gasteiger partial charge is 0.490 e. The van der Waals surface area contributed by atoms with E-state index in [0.29, 0.717) is 27.6 Å². The second kappa shape index (κ2) is 10.6. The first-order chi connectivity index (χ1) is 15.0. The van der Waals surface area contributed by atoms with E-state index in [1.807, 2.05) is 5.38 Å². The van der Waals surface area contributed by atoms with Crippen LogP contribution in [0.3, 0.4) is 0 Å². The topological polar surface area (TPSA) is 108 Å². The highest BCUT2D eigenvalue weighted by molar-refractivity contribution is 7.99. The van der Waals surface area contributed by atoms with Gasteiger partial charge in [0, 0.05) is 17.5 Å². The Morgan fingerprint density at radius 1 is 1.16 bits per heavy atom. The molecule has 0 saturated heterocycles. The van der Waals surface area contributed by atoms with E-state index < -0.39 is 10.9 Å². The van der Waals surface area contributed by atoms with Gasteiger partial charge in [-0.3, -0.25) is 19.7 Å². The Morgan fingerprint density at radius 2 is 1.94 bits per heavy atom. The van der Waals surface area contributed by atoms with Gasteiger partial charge in [0.15, 0.2) is 5.75 Å². The molecule has 31 heavy (non-hydrogen) atoms. The van der Waals surface area contributed by atoms with Crippen LogP contribution in [0.25, 0.3) is 0 Å². The summed E-state index contributed by atoms with van der Waals surface area (Å²) in [7, 11) is 1.37. The molecular formula is C21H18N2O6S2. The number of nitrogens with zero attached hydrogens (tertiary/aromatic N) is 1. The number of methoxy groups -OCH3 is 1. The number of hydrogen-bond donors (Lipinski definition) is 1. The maximum atomic E-state index is 12.1. The number of ether oxygens (including phenoxy) is 2. The predicted octanol–water partition coefficient (Wildman–Crippen LogP) is 4.76. The minimum absolute atomic E-state index is 0.0801. The number of amides is 1. The molecule has 3 rings (SSSR count).